The fraction of sp³-hybridized carbons (Fsp3) is 0.857. The fourth-order valence-corrected chi connectivity index (χ4v) is 1.66. The fourth-order valence-electron chi connectivity index (χ4n) is 0.842. The van der Waals surface area contributed by atoms with Crippen molar-refractivity contribution in [1.29, 1.82) is 0 Å². The standard InChI is InChI=1S/C7H16NO4P/c1-3-7(8,6(9)10)4-5-13(2,11)12/h3-5,8H2,1-2H3,(H,9,10)(H,11,12). The highest BCUT2D eigenvalue weighted by molar-refractivity contribution is 7.57. The Balaban J connectivity index is 4.31. The molecule has 0 saturated heterocycles. The van der Waals surface area contributed by atoms with Gasteiger partial charge in [-0.25, -0.2) is 0 Å². The van der Waals surface area contributed by atoms with Gasteiger partial charge in [0.05, 0.1) is 0 Å². The Morgan fingerprint density at radius 3 is 2.31 bits per heavy atom. The van der Waals surface area contributed by atoms with Crippen LogP contribution in [-0.4, -0.2) is 34.3 Å². The van der Waals surface area contributed by atoms with Crippen LogP contribution in [0.3, 0.4) is 0 Å². The summed E-state index contributed by atoms with van der Waals surface area (Å²) in [5.74, 6) is -1.12. The lowest BCUT2D eigenvalue weighted by Gasteiger charge is -2.23. The number of rotatable bonds is 5. The summed E-state index contributed by atoms with van der Waals surface area (Å²) in [4.78, 5) is 19.6. The maximum Gasteiger partial charge on any atom is 0.323 e. The minimum atomic E-state index is -3.16. The molecule has 4 N–H and O–H groups in total. The smallest absolute Gasteiger partial charge is 0.323 e. The van der Waals surface area contributed by atoms with Crippen LogP contribution in [-0.2, 0) is 9.36 Å². The van der Waals surface area contributed by atoms with E-state index in [1.165, 1.54) is 6.66 Å². The predicted octanol–water partition coefficient (Wildman–Crippen LogP) is 0.469. The van der Waals surface area contributed by atoms with E-state index >= 15 is 0 Å². The maximum atomic E-state index is 10.9. The Morgan fingerprint density at radius 1 is 1.62 bits per heavy atom. The molecule has 0 heterocycles. The molecule has 2 atom stereocenters. The molecule has 2 unspecified atom stereocenters. The number of hydrogen-bond donors (Lipinski definition) is 3. The van der Waals surface area contributed by atoms with Crippen molar-refractivity contribution < 1.29 is 19.4 Å². The number of carbonyl (C=O) groups is 1. The molecule has 0 amide bonds. The van der Waals surface area contributed by atoms with E-state index in [1.807, 2.05) is 0 Å². The average molecular weight is 209 g/mol. The van der Waals surface area contributed by atoms with E-state index in [-0.39, 0.29) is 19.0 Å². The van der Waals surface area contributed by atoms with Gasteiger partial charge >= 0.3 is 5.97 Å². The lowest BCUT2D eigenvalue weighted by molar-refractivity contribution is -0.143. The second-order valence-corrected chi connectivity index (χ2v) is 5.89. The summed E-state index contributed by atoms with van der Waals surface area (Å²) in [5, 5.41) is 8.73. The zero-order chi connectivity index (χ0) is 10.7. The normalized spacial score (nSPS) is 20.3. The third-order valence-electron chi connectivity index (χ3n) is 2.03. The van der Waals surface area contributed by atoms with Crippen LogP contribution in [0.15, 0.2) is 0 Å². The first-order valence-corrected chi connectivity index (χ1v) is 6.32. The van der Waals surface area contributed by atoms with Crippen LogP contribution < -0.4 is 5.73 Å². The molecule has 0 aliphatic carbocycles. The summed E-state index contributed by atoms with van der Waals surface area (Å²) >= 11 is 0. The summed E-state index contributed by atoms with van der Waals surface area (Å²) in [6.07, 6.45) is 0.231. The van der Waals surface area contributed by atoms with Crippen LogP contribution in [0, 0.1) is 0 Å². The van der Waals surface area contributed by atoms with Crippen LogP contribution in [0.25, 0.3) is 0 Å². The molecule has 0 aromatic heterocycles. The minimum absolute atomic E-state index is 0.0309. The second kappa shape index (κ2) is 4.22. The summed E-state index contributed by atoms with van der Waals surface area (Å²) in [6, 6.07) is 0. The van der Waals surface area contributed by atoms with E-state index in [1.54, 1.807) is 6.92 Å². The SMILES string of the molecule is CCC(N)(CCP(C)(=O)O)C(=O)O. The van der Waals surface area contributed by atoms with Crippen LogP contribution in [0.4, 0.5) is 0 Å². The van der Waals surface area contributed by atoms with E-state index in [2.05, 4.69) is 0 Å². The largest absolute Gasteiger partial charge is 0.480 e. The van der Waals surface area contributed by atoms with E-state index in [0.29, 0.717) is 0 Å². The van der Waals surface area contributed by atoms with E-state index in [9.17, 15) is 9.36 Å². The lowest BCUT2D eigenvalue weighted by Crippen LogP contribution is -2.47. The Hall–Kier alpha value is -0.380. The van der Waals surface area contributed by atoms with Gasteiger partial charge in [0.2, 0.25) is 0 Å². The van der Waals surface area contributed by atoms with Crippen LogP contribution in [0.1, 0.15) is 19.8 Å². The molecule has 78 valence electrons. The molecule has 0 saturated carbocycles. The molecule has 0 spiro atoms. The number of nitrogens with two attached hydrogens (primary N) is 1. The van der Waals surface area contributed by atoms with Crippen molar-refractivity contribution >= 4 is 13.3 Å². The number of aliphatic carboxylic acids is 1. The van der Waals surface area contributed by atoms with Gasteiger partial charge in [-0.2, -0.15) is 0 Å². The highest BCUT2D eigenvalue weighted by Crippen LogP contribution is 2.37. The van der Waals surface area contributed by atoms with Crippen molar-refractivity contribution in [3.63, 3.8) is 0 Å². The summed E-state index contributed by atoms with van der Waals surface area (Å²) < 4.78 is 10.9. The monoisotopic (exact) mass is 209 g/mol. The van der Waals surface area contributed by atoms with E-state index in [0.717, 1.165) is 0 Å². The molecular weight excluding hydrogens is 193 g/mol. The molecule has 0 fully saturated rings. The van der Waals surface area contributed by atoms with Crippen LogP contribution >= 0.6 is 7.37 Å². The van der Waals surface area contributed by atoms with Gasteiger partial charge in [-0.15, -0.1) is 0 Å². The van der Waals surface area contributed by atoms with Crippen LogP contribution in [0.2, 0.25) is 0 Å². The number of carboxylic acids is 1. The Morgan fingerprint density at radius 2 is 2.08 bits per heavy atom. The Kier molecular flexibility index (Phi) is 4.10. The molecule has 6 heteroatoms. The summed E-state index contributed by atoms with van der Waals surface area (Å²) in [5.41, 5.74) is 4.15. The molecule has 5 nitrogen and oxygen atoms in total. The van der Waals surface area contributed by atoms with Gasteiger partial charge in [0, 0.05) is 12.8 Å². The molecule has 0 aromatic rings. The molecular formula is C7H16NO4P. The second-order valence-electron chi connectivity index (χ2n) is 3.34. The minimum Gasteiger partial charge on any atom is -0.480 e. The topological polar surface area (TPSA) is 101 Å². The van der Waals surface area contributed by atoms with Crippen LogP contribution in [0.5, 0.6) is 0 Å². The first-order valence-electron chi connectivity index (χ1n) is 4.03. The maximum absolute atomic E-state index is 10.9. The lowest BCUT2D eigenvalue weighted by atomic mass is 9.95. The molecule has 0 radical (unpaired) electrons. The summed E-state index contributed by atoms with van der Waals surface area (Å²) in [7, 11) is -3.16. The number of hydrogen-bond acceptors (Lipinski definition) is 3. The van der Waals surface area contributed by atoms with Crippen molar-refractivity contribution in [2.45, 2.75) is 25.3 Å². The van der Waals surface area contributed by atoms with Crippen molar-refractivity contribution in [1.82, 2.24) is 0 Å². The van der Waals surface area contributed by atoms with Crippen molar-refractivity contribution in [3.8, 4) is 0 Å². The van der Waals surface area contributed by atoms with Gasteiger partial charge in [-0.3, -0.25) is 9.36 Å². The zero-order valence-corrected chi connectivity index (χ0v) is 8.75. The molecule has 0 aliphatic heterocycles. The third kappa shape index (κ3) is 4.41. The summed E-state index contributed by atoms with van der Waals surface area (Å²) in [6.45, 7) is 2.84. The van der Waals surface area contributed by atoms with Crippen molar-refractivity contribution in [2.75, 3.05) is 12.8 Å². The molecule has 0 aliphatic rings. The molecule has 13 heavy (non-hydrogen) atoms. The Bertz CT molecular complexity index is 237. The Labute approximate surface area is 77.4 Å². The highest BCUT2D eigenvalue weighted by Gasteiger charge is 2.33. The van der Waals surface area contributed by atoms with E-state index < -0.39 is 18.9 Å². The molecule has 0 rings (SSSR count). The van der Waals surface area contributed by atoms with Gasteiger partial charge in [-0.1, -0.05) is 6.92 Å². The van der Waals surface area contributed by atoms with Crippen molar-refractivity contribution in [3.05, 3.63) is 0 Å². The average Bonchev–Trinajstić information content (AvgIpc) is 1.98. The third-order valence-corrected chi connectivity index (χ3v) is 3.08. The van der Waals surface area contributed by atoms with Gasteiger partial charge < -0.3 is 15.7 Å². The molecule has 0 bridgehead atoms. The van der Waals surface area contributed by atoms with Gasteiger partial charge in [0.15, 0.2) is 7.37 Å². The quantitative estimate of drug-likeness (QED) is 0.571. The molecule has 0 aromatic carbocycles. The number of carboxylic acid groups (broad SMARTS) is 1. The van der Waals surface area contributed by atoms with Gasteiger partial charge in [-0.05, 0) is 12.8 Å². The van der Waals surface area contributed by atoms with Gasteiger partial charge in [0.25, 0.3) is 0 Å². The predicted molar refractivity (Wildman–Crippen MR) is 50.1 cm³/mol. The first kappa shape index (κ1) is 12.6. The van der Waals surface area contributed by atoms with E-state index in [4.69, 9.17) is 15.7 Å². The van der Waals surface area contributed by atoms with Crippen molar-refractivity contribution in [2.24, 2.45) is 5.73 Å². The highest BCUT2D eigenvalue weighted by atomic mass is 31.2. The zero-order valence-electron chi connectivity index (χ0n) is 7.86. The first-order chi connectivity index (χ1) is 5.71. The van der Waals surface area contributed by atoms with Gasteiger partial charge in [0.1, 0.15) is 5.54 Å².